The smallest absolute Gasteiger partial charge is 0.249 e. The summed E-state index contributed by atoms with van der Waals surface area (Å²) in [7, 11) is 3.20. The number of rotatable bonds is 7. The third-order valence-corrected chi connectivity index (χ3v) is 5.69. The van der Waals surface area contributed by atoms with E-state index in [9.17, 15) is 9.59 Å². The minimum Gasteiger partial charge on any atom is -0.497 e. The summed E-state index contributed by atoms with van der Waals surface area (Å²) < 4.78 is 10.7. The third kappa shape index (κ3) is 4.62. The molecule has 0 spiro atoms. The molecule has 1 unspecified atom stereocenters. The number of carbonyl (C=O) groups excluding carboxylic acids is 2. The van der Waals surface area contributed by atoms with E-state index < -0.39 is 6.04 Å². The van der Waals surface area contributed by atoms with Gasteiger partial charge in [0.25, 0.3) is 0 Å². The average molecular weight is 404 g/mol. The van der Waals surface area contributed by atoms with Crippen molar-refractivity contribution in [3.05, 3.63) is 23.6 Å². The number of anilines is 1. The lowest BCUT2D eigenvalue weighted by atomic mass is 9.97. The van der Waals surface area contributed by atoms with Crippen LogP contribution >= 0.6 is 11.3 Å². The van der Waals surface area contributed by atoms with Gasteiger partial charge >= 0.3 is 0 Å². The summed E-state index contributed by atoms with van der Waals surface area (Å²) in [6, 6.07) is 4.95. The zero-order valence-electron chi connectivity index (χ0n) is 16.3. The molecular formula is C20H25N3O4S. The number of benzene rings is 1. The van der Waals surface area contributed by atoms with Gasteiger partial charge in [-0.3, -0.25) is 9.59 Å². The van der Waals surface area contributed by atoms with Gasteiger partial charge in [-0.05, 0) is 37.0 Å². The molecule has 2 aromatic rings. The molecule has 0 aliphatic heterocycles. The summed E-state index contributed by atoms with van der Waals surface area (Å²) in [6.45, 7) is 1.44. The number of thiazole rings is 1. The molecule has 28 heavy (non-hydrogen) atoms. The zero-order valence-corrected chi connectivity index (χ0v) is 17.1. The predicted octanol–water partition coefficient (Wildman–Crippen LogP) is 3.46. The lowest BCUT2D eigenvalue weighted by molar-refractivity contribution is -0.126. The SMILES string of the molecule is COc1ccc(OC)c(-c2csc(NC(=O)C(NC(C)=O)C3CCCC3)n2)c1. The second kappa shape index (κ2) is 9.05. The van der Waals surface area contributed by atoms with Crippen LogP contribution in [0.2, 0.25) is 0 Å². The van der Waals surface area contributed by atoms with Crippen LogP contribution in [0.1, 0.15) is 32.6 Å². The van der Waals surface area contributed by atoms with Crippen LogP contribution in [0, 0.1) is 5.92 Å². The van der Waals surface area contributed by atoms with E-state index in [1.807, 2.05) is 23.6 Å². The van der Waals surface area contributed by atoms with Gasteiger partial charge in [0.05, 0.1) is 19.9 Å². The van der Waals surface area contributed by atoms with E-state index in [-0.39, 0.29) is 17.7 Å². The molecule has 1 aromatic carbocycles. The molecular weight excluding hydrogens is 378 g/mol. The first-order chi connectivity index (χ1) is 13.5. The van der Waals surface area contributed by atoms with Gasteiger partial charge < -0.3 is 20.1 Å². The summed E-state index contributed by atoms with van der Waals surface area (Å²) in [5.74, 6) is 1.11. The van der Waals surface area contributed by atoms with Crippen molar-refractivity contribution in [2.24, 2.45) is 5.92 Å². The zero-order chi connectivity index (χ0) is 20.1. The van der Waals surface area contributed by atoms with Crippen LogP contribution in [0.25, 0.3) is 11.3 Å². The van der Waals surface area contributed by atoms with Gasteiger partial charge in [-0.1, -0.05) is 12.8 Å². The summed E-state index contributed by atoms with van der Waals surface area (Å²) >= 11 is 1.33. The Labute approximate surface area is 168 Å². The molecule has 2 amide bonds. The molecule has 8 heteroatoms. The van der Waals surface area contributed by atoms with Gasteiger partial charge in [-0.25, -0.2) is 4.98 Å². The quantitative estimate of drug-likeness (QED) is 0.739. The Morgan fingerprint density at radius 3 is 2.61 bits per heavy atom. The first kappa shape index (κ1) is 20.1. The van der Waals surface area contributed by atoms with Gasteiger partial charge in [0.15, 0.2) is 5.13 Å². The van der Waals surface area contributed by atoms with Crippen LogP contribution in [0.15, 0.2) is 23.6 Å². The van der Waals surface area contributed by atoms with E-state index in [0.717, 1.165) is 31.2 Å². The standard InChI is InChI=1S/C20H25N3O4S/c1-12(24)21-18(13-6-4-5-7-13)19(25)23-20-22-16(11-28-20)15-10-14(26-2)8-9-17(15)27-3/h8-11,13,18H,4-7H2,1-3H3,(H,21,24)(H,22,23,25). The van der Waals surface area contributed by atoms with Gasteiger partial charge in [-0.2, -0.15) is 0 Å². The first-order valence-corrected chi connectivity index (χ1v) is 10.2. The fourth-order valence-electron chi connectivity index (χ4n) is 3.56. The number of hydrogen-bond donors (Lipinski definition) is 2. The van der Waals surface area contributed by atoms with Gasteiger partial charge in [-0.15, -0.1) is 11.3 Å². The summed E-state index contributed by atoms with van der Waals surface area (Å²) in [5, 5.41) is 8.01. The Kier molecular flexibility index (Phi) is 6.51. The summed E-state index contributed by atoms with van der Waals surface area (Å²) in [6.07, 6.45) is 4.07. The van der Waals surface area contributed by atoms with Gasteiger partial charge in [0.2, 0.25) is 11.8 Å². The third-order valence-electron chi connectivity index (χ3n) is 4.93. The highest BCUT2D eigenvalue weighted by Crippen LogP contribution is 2.35. The van der Waals surface area contributed by atoms with E-state index in [1.165, 1.54) is 18.3 Å². The van der Waals surface area contributed by atoms with E-state index in [2.05, 4.69) is 15.6 Å². The van der Waals surface area contributed by atoms with Crippen molar-refractivity contribution >= 4 is 28.3 Å². The maximum atomic E-state index is 12.8. The molecule has 1 fully saturated rings. The summed E-state index contributed by atoms with van der Waals surface area (Å²) in [5.41, 5.74) is 1.47. The van der Waals surface area contributed by atoms with E-state index in [4.69, 9.17) is 9.47 Å². The Balaban J connectivity index is 1.78. The number of ether oxygens (including phenoxy) is 2. The molecule has 1 heterocycles. The highest BCUT2D eigenvalue weighted by atomic mass is 32.1. The molecule has 1 saturated carbocycles. The van der Waals surface area contributed by atoms with Crippen molar-refractivity contribution < 1.29 is 19.1 Å². The largest absolute Gasteiger partial charge is 0.497 e. The van der Waals surface area contributed by atoms with Crippen molar-refractivity contribution in [1.29, 1.82) is 0 Å². The van der Waals surface area contributed by atoms with E-state index >= 15 is 0 Å². The number of aromatic nitrogens is 1. The maximum Gasteiger partial charge on any atom is 0.249 e. The molecule has 1 aromatic heterocycles. The van der Waals surface area contributed by atoms with Crippen molar-refractivity contribution in [2.75, 3.05) is 19.5 Å². The van der Waals surface area contributed by atoms with Crippen LogP contribution in [0.4, 0.5) is 5.13 Å². The molecule has 1 aliphatic rings. The predicted molar refractivity (Wildman–Crippen MR) is 109 cm³/mol. The Morgan fingerprint density at radius 2 is 1.96 bits per heavy atom. The normalized spacial score (nSPS) is 15.1. The fraction of sp³-hybridized carbons (Fsp3) is 0.450. The highest BCUT2D eigenvalue weighted by molar-refractivity contribution is 7.14. The number of nitrogens with zero attached hydrogens (tertiary/aromatic N) is 1. The molecule has 7 nitrogen and oxygen atoms in total. The van der Waals surface area contributed by atoms with Crippen LogP contribution in [0.5, 0.6) is 11.5 Å². The molecule has 3 rings (SSSR count). The maximum absolute atomic E-state index is 12.8. The number of methoxy groups -OCH3 is 2. The van der Waals surface area contributed by atoms with Crippen LogP contribution in [-0.4, -0.2) is 37.1 Å². The van der Waals surface area contributed by atoms with Crippen LogP contribution in [0.3, 0.4) is 0 Å². The lowest BCUT2D eigenvalue weighted by Gasteiger charge is -2.22. The molecule has 1 atom stereocenters. The molecule has 0 radical (unpaired) electrons. The van der Waals surface area contributed by atoms with Gasteiger partial charge in [0.1, 0.15) is 17.5 Å². The highest BCUT2D eigenvalue weighted by Gasteiger charge is 2.31. The van der Waals surface area contributed by atoms with Crippen molar-refractivity contribution in [2.45, 2.75) is 38.6 Å². The second-order valence-electron chi connectivity index (χ2n) is 6.82. The van der Waals surface area contributed by atoms with Crippen molar-refractivity contribution in [3.63, 3.8) is 0 Å². The molecule has 2 N–H and O–H groups in total. The van der Waals surface area contributed by atoms with E-state index in [0.29, 0.717) is 22.3 Å². The number of nitrogens with one attached hydrogen (secondary N) is 2. The number of carbonyl (C=O) groups is 2. The van der Waals surface area contributed by atoms with Crippen LogP contribution < -0.4 is 20.1 Å². The molecule has 1 aliphatic carbocycles. The second-order valence-corrected chi connectivity index (χ2v) is 7.67. The fourth-order valence-corrected chi connectivity index (χ4v) is 4.27. The van der Waals surface area contributed by atoms with Crippen LogP contribution in [-0.2, 0) is 9.59 Å². The first-order valence-electron chi connectivity index (χ1n) is 9.27. The molecule has 150 valence electrons. The lowest BCUT2D eigenvalue weighted by Crippen LogP contribution is -2.47. The Hall–Kier alpha value is -2.61. The molecule has 0 saturated heterocycles. The minimum atomic E-state index is -0.529. The monoisotopic (exact) mass is 403 g/mol. The number of amides is 2. The van der Waals surface area contributed by atoms with E-state index in [1.54, 1.807) is 14.2 Å². The minimum absolute atomic E-state index is 0.168. The summed E-state index contributed by atoms with van der Waals surface area (Å²) in [4.78, 5) is 28.9. The molecule has 0 bridgehead atoms. The van der Waals surface area contributed by atoms with Gasteiger partial charge in [0, 0.05) is 17.9 Å². The number of hydrogen-bond acceptors (Lipinski definition) is 6. The van der Waals surface area contributed by atoms with Crippen molar-refractivity contribution in [1.82, 2.24) is 10.3 Å². The Bertz CT molecular complexity index is 846. The Morgan fingerprint density at radius 1 is 1.21 bits per heavy atom. The van der Waals surface area contributed by atoms with Crippen molar-refractivity contribution in [3.8, 4) is 22.8 Å². The average Bonchev–Trinajstić information content (AvgIpc) is 3.37. The topological polar surface area (TPSA) is 89.5 Å².